The van der Waals surface area contributed by atoms with Gasteiger partial charge in [-0.25, -0.2) is 0 Å². The van der Waals surface area contributed by atoms with E-state index in [0.29, 0.717) is 6.61 Å². The normalized spacial score (nSPS) is 22.9. The molecule has 0 atom stereocenters. The van der Waals surface area contributed by atoms with Crippen molar-refractivity contribution in [3.05, 3.63) is 0 Å². The Morgan fingerprint density at radius 2 is 1.60 bits per heavy atom. The lowest BCUT2D eigenvalue weighted by molar-refractivity contribution is -0.179. The van der Waals surface area contributed by atoms with Gasteiger partial charge in [-0.3, -0.25) is 9.59 Å². The van der Waals surface area contributed by atoms with Gasteiger partial charge in [-0.2, -0.15) is 0 Å². The Balaban J connectivity index is 2.14. The first-order valence-corrected chi connectivity index (χ1v) is 8.25. The van der Waals surface area contributed by atoms with Crippen LogP contribution in [-0.4, -0.2) is 18.4 Å². The summed E-state index contributed by atoms with van der Waals surface area (Å²) in [7, 11) is 0. The molecule has 0 unspecified atom stereocenters. The molecule has 0 spiro atoms. The standard InChI is InChI=1S/C17H28O3/c1-4-9-16(10-5-2)11-17(12-16,15(19)20-6-3)14(18)13-7-8-13/h13H,4-12H2,1-3H3. The average Bonchev–Trinajstić information content (AvgIpc) is 3.19. The van der Waals surface area contributed by atoms with Crippen molar-refractivity contribution in [2.75, 3.05) is 6.61 Å². The zero-order valence-corrected chi connectivity index (χ0v) is 13.2. The summed E-state index contributed by atoms with van der Waals surface area (Å²) in [6, 6.07) is 0. The third kappa shape index (κ3) is 2.64. The van der Waals surface area contributed by atoms with Gasteiger partial charge in [0.15, 0.2) is 5.78 Å². The lowest BCUT2D eigenvalue weighted by Crippen LogP contribution is -2.57. The summed E-state index contributed by atoms with van der Waals surface area (Å²) in [5.41, 5.74) is -0.581. The summed E-state index contributed by atoms with van der Waals surface area (Å²) in [6.45, 7) is 6.55. The van der Waals surface area contributed by atoms with Crippen LogP contribution >= 0.6 is 0 Å². The van der Waals surface area contributed by atoms with Gasteiger partial charge in [0, 0.05) is 5.92 Å². The molecule has 3 nitrogen and oxygen atoms in total. The Morgan fingerprint density at radius 3 is 2.00 bits per heavy atom. The van der Waals surface area contributed by atoms with Crippen molar-refractivity contribution in [1.29, 1.82) is 0 Å². The minimum Gasteiger partial charge on any atom is -0.465 e. The van der Waals surface area contributed by atoms with E-state index in [-0.39, 0.29) is 23.1 Å². The largest absolute Gasteiger partial charge is 0.465 e. The van der Waals surface area contributed by atoms with Gasteiger partial charge in [0.05, 0.1) is 6.61 Å². The monoisotopic (exact) mass is 280 g/mol. The fraction of sp³-hybridized carbons (Fsp3) is 0.882. The van der Waals surface area contributed by atoms with Crippen molar-refractivity contribution in [2.24, 2.45) is 16.7 Å². The first-order valence-electron chi connectivity index (χ1n) is 8.25. The van der Waals surface area contributed by atoms with Crippen LogP contribution < -0.4 is 0 Å². The molecule has 20 heavy (non-hydrogen) atoms. The van der Waals surface area contributed by atoms with Gasteiger partial charge in [0.1, 0.15) is 5.41 Å². The van der Waals surface area contributed by atoms with Crippen LogP contribution in [0.3, 0.4) is 0 Å². The van der Waals surface area contributed by atoms with Crippen molar-refractivity contribution in [3.8, 4) is 0 Å². The van der Waals surface area contributed by atoms with Crippen LogP contribution in [0.2, 0.25) is 0 Å². The number of carbonyl (C=O) groups is 2. The molecule has 0 bridgehead atoms. The van der Waals surface area contributed by atoms with E-state index in [1.165, 1.54) is 0 Å². The molecule has 2 fully saturated rings. The van der Waals surface area contributed by atoms with E-state index in [4.69, 9.17) is 4.74 Å². The molecule has 2 aliphatic carbocycles. The van der Waals surface area contributed by atoms with E-state index in [0.717, 1.165) is 51.4 Å². The Bertz CT molecular complexity index is 368. The Morgan fingerprint density at radius 1 is 1.05 bits per heavy atom. The molecule has 2 aliphatic rings. The minimum atomic E-state index is -0.790. The Labute approximate surface area is 122 Å². The highest BCUT2D eigenvalue weighted by molar-refractivity contribution is 6.07. The summed E-state index contributed by atoms with van der Waals surface area (Å²) in [6.07, 6.45) is 7.89. The molecule has 0 aliphatic heterocycles. The zero-order valence-electron chi connectivity index (χ0n) is 13.2. The van der Waals surface area contributed by atoms with E-state index in [1.807, 2.05) is 6.92 Å². The Hall–Kier alpha value is -0.860. The molecule has 2 saturated carbocycles. The van der Waals surface area contributed by atoms with Crippen LogP contribution in [0.1, 0.15) is 72.1 Å². The molecule has 114 valence electrons. The van der Waals surface area contributed by atoms with Gasteiger partial charge in [-0.15, -0.1) is 0 Å². The molecular formula is C17H28O3. The second kappa shape index (κ2) is 5.87. The number of ether oxygens (including phenoxy) is 1. The zero-order chi connectivity index (χ0) is 14.8. The molecule has 0 aromatic heterocycles. The van der Waals surface area contributed by atoms with E-state index in [2.05, 4.69) is 13.8 Å². The van der Waals surface area contributed by atoms with Gasteiger partial charge in [-0.1, -0.05) is 26.7 Å². The average molecular weight is 280 g/mol. The van der Waals surface area contributed by atoms with Crippen LogP contribution in [0.15, 0.2) is 0 Å². The van der Waals surface area contributed by atoms with E-state index in [1.54, 1.807) is 0 Å². The minimum absolute atomic E-state index is 0.139. The third-order valence-corrected chi connectivity index (χ3v) is 5.00. The Kier molecular flexibility index (Phi) is 4.55. The third-order valence-electron chi connectivity index (χ3n) is 5.00. The molecule has 0 saturated heterocycles. The van der Waals surface area contributed by atoms with Gasteiger partial charge in [0.25, 0.3) is 0 Å². The molecule has 0 aromatic rings. The maximum Gasteiger partial charge on any atom is 0.319 e. The predicted molar refractivity (Wildman–Crippen MR) is 78.3 cm³/mol. The number of Topliss-reactive ketones (excluding diaryl/α,β-unsaturated/α-hetero) is 1. The molecule has 0 N–H and O–H groups in total. The van der Waals surface area contributed by atoms with Crippen molar-refractivity contribution >= 4 is 11.8 Å². The lowest BCUT2D eigenvalue weighted by atomic mass is 9.48. The number of ketones is 1. The fourth-order valence-electron chi connectivity index (χ4n) is 4.19. The van der Waals surface area contributed by atoms with Crippen LogP contribution in [0.5, 0.6) is 0 Å². The SMILES string of the molecule is CCCC1(CCC)CC(C(=O)OCC)(C(=O)C2CC2)C1. The van der Waals surface area contributed by atoms with Gasteiger partial charge >= 0.3 is 5.97 Å². The van der Waals surface area contributed by atoms with Gasteiger partial charge < -0.3 is 4.74 Å². The van der Waals surface area contributed by atoms with Crippen molar-refractivity contribution in [1.82, 2.24) is 0 Å². The van der Waals surface area contributed by atoms with Crippen molar-refractivity contribution < 1.29 is 14.3 Å². The van der Waals surface area contributed by atoms with E-state index >= 15 is 0 Å². The summed E-state index contributed by atoms with van der Waals surface area (Å²) >= 11 is 0. The molecule has 0 heterocycles. The second-order valence-electron chi connectivity index (χ2n) is 6.79. The molecule has 0 radical (unpaired) electrons. The highest BCUT2D eigenvalue weighted by Gasteiger charge is 2.64. The molecule has 0 aromatic carbocycles. The molecule has 0 amide bonds. The van der Waals surface area contributed by atoms with E-state index < -0.39 is 5.41 Å². The smallest absolute Gasteiger partial charge is 0.319 e. The number of rotatable bonds is 8. The predicted octanol–water partition coefficient (Wildman–Crippen LogP) is 3.90. The summed E-state index contributed by atoms with van der Waals surface area (Å²) in [5.74, 6) is 0.0687. The summed E-state index contributed by atoms with van der Waals surface area (Å²) in [5, 5.41) is 0. The maximum atomic E-state index is 12.6. The van der Waals surface area contributed by atoms with Crippen LogP contribution in [0, 0.1) is 16.7 Å². The quantitative estimate of drug-likeness (QED) is 0.500. The molecule has 3 heteroatoms. The maximum absolute atomic E-state index is 12.6. The van der Waals surface area contributed by atoms with Crippen LogP contribution in [0.4, 0.5) is 0 Å². The number of carbonyl (C=O) groups excluding carboxylic acids is 2. The highest BCUT2D eigenvalue weighted by atomic mass is 16.5. The number of hydrogen-bond acceptors (Lipinski definition) is 3. The second-order valence-corrected chi connectivity index (χ2v) is 6.79. The van der Waals surface area contributed by atoms with Crippen molar-refractivity contribution in [2.45, 2.75) is 72.1 Å². The van der Waals surface area contributed by atoms with Gasteiger partial charge in [-0.05, 0) is 50.9 Å². The summed E-state index contributed by atoms with van der Waals surface area (Å²) in [4.78, 5) is 25.0. The fourth-order valence-corrected chi connectivity index (χ4v) is 4.19. The summed E-state index contributed by atoms with van der Waals surface area (Å²) < 4.78 is 5.24. The first-order chi connectivity index (χ1) is 9.53. The van der Waals surface area contributed by atoms with E-state index in [9.17, 15) is 9.59 Å². The number of hydrogen-bond donors (Lipinski definition) is 0. The lowest BCUT2D eigenvalue weighted by Gasteiger charge is -2.54. The number of esters is 1. The highest BCUT2D eigenvalue weighted by Crippen LogP contribution is 2.62. The van der Waals surface area contributed by atoms with Crippen LogP contribution in [-0.2, 0) is 14.3 Å². The topological polar surface area (TPSA) is 43.4 Å². The van der Waals surface area contributed by atoms with Crippen LogP contribution in [0.25, 0.3) is 0 Å². The van der Waals surface area contributed by atoms with Crippen molar-refractivity contribution in [3.63, 3.8) is 0 Å². The molecular weight excluding hydrogens is 252 g/mol. The molecule has 2 rings (SSSR count). The first kappa shape index (κ1) is 15.5. The van der Waals surface area contributed by atoms with Gasteiger partial charge in [0.2, 0.25) is 0 Å².